The summed E-state index contributed by atoms with van der Waals surface area (Å²) in [7, 11) is 0. The molecule has 0 spiro atoms. The van der Waals surface area contributed by atoms with Gasteiger partial charge in [0.1, 0.15) is 24.7 Å². The van der Waals surface area contributed by atoms with Crippen LogP contribution in [0.1, 0.15) is 25.0 Å². The van der Waals surface area contributed by atoms with Crippen molar-refractivity contribution in [2.45, 2.75) is 19.3 Å². The first kappa shape index (κ1) is 18.1. The molecule has 4 nitrogen and oxygen atoms in total. The van der Waals surface area contributed by atoms with Gasteiger partial charge in [-0.2, -0.15) is 0 Å². The molecular weight excluding hydrogens is 312 g/mol. The predicted molar refractivity (Wildman–Crippen MR) is 102 cm³/mol. The van der Waals surface area contributed by atoms with Gasteiger partial charge in [0.25, 0.3) is 0 Å². The van der Waals surface area contributed by atoms with Gasteiger partial charge in [0.05, 0.1) is 11.4 Å². The number of anilines is 2. The van der Waals surface area contributed by atoms with E-state index >= 15 is 0 Å². The lowest BCUT2D eigenvalue weighted by molar-refractivity contribution is 0.372. The van der Waals surface area contributed by atoms with E-state index in [1.807, 2.05) is 36.4 Å². The van der Waals surface area contributed by atoms with Crippen LogP contribution in [0.3, 0.4) is 0 Å². The van der Waals surface area contributed by atoms with E-state index in [2.05, 4.69) is 25.7 Å². The van der Waals surface area contributed by atoms with Gasteiger partial charge in [0.15, 0.2) is 0 Å². The molecule has 0 aromatic heterocycles. The number of hydrogen-bond donors (Lipinski definition) is 2. The van der Waals surface area contributed by atoms with Crippen LogP contribution >= 0.6 is 0 Å². The first-order valence-electron chi connectivity index (χ1n) is 7.82. The van der Waals surface area contributed by atoms with Crippen molar-refractivity contribution in [3.63, 3.8) is 0 Å². The van der Waals surface area contributed by atoms with Gasteiger partial charge in [-0.05, 0) is 35.4 Å². The summed E-state index contributed by atoms with van der Waals surface area (Å²) in [6.45, 7) is 4.56. The molecule has 4 heteroatoms. The van der Waals surface area contributed by atoms with Crippen molar-refractivity contribution < 1.29 is 9.47 Å². The molecule has 25 heavy (non-hydrogen) atoms. The Hall–Kier alpha value is -3.24. The van der Waals surface area contributed by atoms with Crippen molar-refractivity contribution in [1.82, 2.24) is 0 Å². The normalized spacial score (nSPS) is 10.6. The van der Waals surface area contributed by atoms with Crippen LogP contribution in [0.25, 0.3) is 0 Å². The van der Waals surface area contributed by atoms with E-state index in [1.54, 1.807) is 0 Å². The maximum Gasteiger partial charge on any atom is 0.148 e. The fourth-order valence-electron chi connectivity index (χ4n) is 2.54. The third-order valence-corrected chi connectivity index (χ3v) is 4.08. The highest BCUT2D eigenvalue weighted by Gasteiger charge is 2.25. The molecule has 2 aromatic rings. The lowest BCUT2D eigenvalue weighted by atomic mass is 9.78. The zero-order valence-corrected chi connectivity index (χ0v) is 14.5. The molecule has 0 fully saturated rings. The number of rotatable bonds is 6. The van der Waals surface area contributed by atoms with E-state index in [0.717, 1.165) is 11.1 Å². The lowest BCUT2D eigenvalue weighted by Gasteiger charge is -2.27. The summed E-state index contributed by atoms with van der Waals surface area (Å²) in [5.41, 5.74) is 15.0. The van der Waals surface area contributed by atoms with Crippen LogP contribution in [0.4, 0.5) is 11.4 Å². The molecule has 4 N–H and O–H groups in total. The number of nitrogens with two attached hydrogens (primary N) is 2. The smallest absolute Gasteiger partial charge is 0.148 e. The van der Waals surface area contributed by atoms with Crippen LogP contribution in [-0.2, 0) is 5.41 Å². The molecule has 2 aromatic carbocycles. The van der Waals surface area contributed by atoms with Gasteiger partial charge in [-0.15, -0.1) is 12.8 Å². The molecule has 0 amide bonds. The summed E-state index contributed by atoms with van der Waals surface area (Å²) in [6.07, 6.45) is 10.4. The fraction of sp³-hybridized carbons (Fsp3) is 0.238. The van der Waals surface area contributed by atoms with E-state index in [1.165, 1.54) is 0 Å². The number of nitrogen functional groups attached to an aromatic ring is 2. The van der Waals surface area contributed by atoms with E-state index in [4.69, 9.17) is 33.8 Å². The zero-order chi connectivity index (χ0) is 18.4. The minimum absolute atomic E-state index is 0.183. The molecule has 0 bridgehead atoms. The second-order valence-corrected chi connectivity index (χ2v) is 6.12. The van der Waals surface area contributed by atoms with Gasteiger partial charge >= 0.3 is 0 Å². The number of benzene rings is 2. The Morgan fingerprint density at radius 2 is 1.24 bits per heavy atom. The highest BCUT2D eigenvalue weighted by atomic mass is 16.5. The van der Waals surface area contributed by atoms with Crippen molar-refractivity contribution in [2.24, 2.45) is 0 Å². The number of terminal acetylenes is 2. The fourth-order valence-corrected chi connectivity index (χ4v) is 2.54. The molecular formula is C21H22N2O2. The molecule has 0 heterocycles. The summed E-state index contributed by atoms with van der Waals surface area (Å²) in [6, 6.07) is 11.4. The van der Waals surface area contributed by atoms with Crippen molar-refractivity contribution in [1.29, 1.82) is 0 Å². The molecule has 0 aliphatic carbocycles. The van der Waals surface area contributed by atoms with Crippen LogP contribution in [0.5, 0.6) is 11.5 Å². The third kappa shape index (κ3) is 4.00. The summed E-state index contributed by atoms with van der Waals surface area (Å²) in [5.74, 6) is 6.01. The highest BCUT2D eigenvalue weighted by molar-refractivity contribution is 5.60. The Bertz CT molecular complexity index is 772. The summed E-state index contributed by atoms with van der Waals surface area (Å²) in [4.78, 5) is 0. The topological polar surface area (TPSA) is 70.5 Å². The first-order valence-corrected chi connectivity index (χ1v) is 7.82. The average molecular weight is 334 g/mol. The SMILES string of the molecule is C#CCOc1ccc(C(C)(C)c2ccc(OCC#C)c(N)c2)cc1N. The molecule has 0 radical (unpaired) electrons. The van der Waals surface area contributed by atoms with Gasteiger partial charge in [-0.3, -0.25) is 0 Å². The van der Waals surface area contributed by atoms with Gasteiger partial charge in [0, 0.05) is 5.41 Å². The molecule has 0 aliphatic heterocycles. The average Bonchev–Trinajstić information content (AvgIpc) is 2.59. The van der Waals surface area contributed by atoms with Crippen molar-refractivity contribution in [3.8, 4) is 36.2 Å². The Kier molecular flexibility index (Phi) is 5.47. The Morgan fingerprint density at radius 3 is 1.56 bits per heavy atom. The molecule has 0 saturated carbocycles. The Balaban J connectivity index is 2.32. The molecule has 128 valence electrons. The van der Waals surface area contributed by atoms with E-state index in [0.29, 0.717) is 22.9 Å². The molecule has 0 atom stereocenters. The Labute approximate surface area is 149 Å². The summed E-state index contributed by atoms with van der Waals surface area (Å²) in [5, 5.41) is 0. The lowest BCUT2D eigenvalue weighted by Crippen LogP contribution is -2.19. The van der Waals surface area contributed by atoms with Crippen LogP contribution in [0.15, 0.2) is 36.4 Å². The van der Waals surface area contributed by atoms with E-state index in [-0.39, 0.29) is 18.6 Å². The quantitative estimate of drug-likeness (QED) is 0.629. The van der Waals surface area contributed by atoms with E-state index in [9.17, 15) is 0 Å². The van der Waals surface area contributed by atoms with Crippen LogP contribution < -0.4 is 20.9 Å². The highest BCUT2D eigenvalue weighted by Crippen LogP contribution is 2.37. The van der Waals surface area contributed by atoms with Gasteiger partial charge in [-0.1, -0.05) is 37.8 Å². The molecule has 0 saturated heterocycles. The summed E-state index contributed by atoms with van der Waals surface area (Å²) >= 11 is 0. The largest absolute Gasteiger partial charge is 0.479 e. The van der Waals surface area contributed by atoms with Crippen molar-refractivity contribution in [3.05, 3.63) is 47.5 Å². The van der Waals surface area contributed by atoms with Gasteiger partial charge in [0.2, 0.25) is 0 Å². The Morgan fingerprint density at radius 1 is 0.840 bits per heavy atom. The predicted octanol–water partition coefficient (Wildman–Crippen LogP) is 3.20. The maximum atomic E-state index is 6.09. The molecule has 0 unspecified atom stereocenters. The van der Waals surface area contributed by atoms with Gasteiger partial charge in [-0.25, -0.2) is 0 Å². The number of hydrogen-bond acceptors (Lipinski definition) is 4. The first-order chi connectivity index (χ1) is 11.9. The third-order valence-electron chi connectivity index (χ3n) is 4.08. The van der Waals surface area contributed by atoms with Gasteiger partial charge < -0.3 is 20.9 Å². The van der Waals surface area contributed by atoms with Crippen LogP contribution in [0, 0.1) is 24.7 Å². The molecule has 2 rings (SSSR count). The second kappa shape index (κ2) is 7.55. The maximum absolute atomic E-state index is 6.09. The second-order valence-electron chi connectivity index (χ2n) is 6.12. The van der Waals surface area contributed by atoms with Crippen molar-refractivity contribution in [2.75, 3.05) is 24.7 Å². The van der Waals surface area contributed by atoms with Crippen LogP contribution in [-0.4, -0.2) is 13.2 Å². The minimum Gasteiger partial charge on any atom is -0.479 e. The zero-order valence-electron chi connectivity index (χ0n) is 14.5. The van der Waals surface area contributed by atoms with Crippen molar-refractivity contribution >= 4 is 11.4 Å². The minimum atomic E-state index is -0.308. The van der Waals surface area contributed by atoms with Crippen LogP contribution in [0.2, 0.25) is 0 Å². The number of ether oxygens (including phenoxy) is 2. The summed E-state index contributed by atoms with van der Waals surface area (Å²) < 4.78 is 10.8. The van der Waals surface area contributed by atoms with E-state index < -0.39 is 0 Å². The monoisotopic (exact) mass is 334 g/mol. The standard InChI is InChI=1S/C21H22N2O2/c1-5-11-24-19-9-7-15(13-17(19)22)21(3,4)16-8-10-20(18(23)14-16)25-12-6-2/h1-2,7-10,13-14H,11-12,22-23H2,3-4H3. The molecule has 0 aliphatic rings.